The number of hydrogen-bond acceptors (Lipinski definition) is 7. The minimum atomic E-state index is -3.91. The number of phosphoric acid groups is 1. The first-order valence-electron chi connectivity index (χ1n) is 14.2. The Bertz CT molecular complexity index is 512. The Balaban J connectivity index is 3.22. The molecule has 8 nitrogen and oxygen atoms in total. The van der Waals surface area contributed by atoms with Crippen LogP contribution in [0.25, 0.3) is 0 Å². The molecule has 2 unspecified atom stereocenters. The lowest BCUT2D eigenvalue weighted by atomic mass is 9.85. The van der Waals surface area contributed by atoms with Gasteiger partial charge >= 0.3 is 7.82 Å². The summed E-state index contributed by atoms with van der Waals surface area (Å²) >= 11 is 0. The van der Waals surface area contributed by atoms with Gasteiger partial charge in [0.05, 0.1) is 12.7 Å². The molecule has 212 valence electrons. The van der Waals surface area contributed by atoms with Gasteiger partial charge in [0.25, 0.3) is 0 Å². The molecule has 0 aromatic rings. The van der Waals surface area contributed by atoms with E-state index in [0.717, 1.165) is 58.8 Å². The highest BCUT2D eigenvalue weighted by molar-refractivity contribution is 7.47. The molecule has 0 aromatic carbocycles. The summed E-state index contributed by atoms with van der Waals surface area (Å²) in [6, 6.07) is 0. The number of phosphoric ester groups is 1. The van der Waals surface area contributed by atoms with Crippen molar-refractivity contribution in [3.8, 4) is 0 Å². The lowest BCUT2D eigenvalue weighted by molar-refractivity contribution is 0.110. The van der Waals surface area contributed by atoms with Crippen LogP contribution in [0.4, 0.5) is 0 Å². The molecule has 0 saturated carbocycles. The van der Waals surface area contributed by atoms with Crippen LogP contribution < -0.4 is 21.3 Å². The minimum absolute atomic E-state index is 0.220. The summed E-state index contributed by atoms with van der Waals surface area (Å²) in [5, 5.41) is 13.9. The van der Waals surface area contributed by atoms with Crippen LogP contribution in [-0.2, 0) is 13.6 Å². The third-order valence-corrected chi connectivity index (χ3v) is 7.56. The Labute approximate surface area is 217 Å². The van der Waals surface area contributed by atoms with Crippen molar-refractivity contribution in [1.29, 1.82) is 0 Å². The first-order valence-corrected chi connectivity index (χ1v) is 15.7. The lowest BCUT2D eigenvalue weighted by Crippen LogP contribution is -2.25. The second kappa shape index (κ2) is 23.1. The normalized spacial score (nSPS) is 14.8. The van der Waals surface area contributed by atoms with Crippen LogP contribution in [0.5, 0.6) is 0 Å². The van der Waals surface area contributed by atoms with Crippen molar-refractivity contribution in [2.45, 2.75) is 105 Å². The Morgan fingerprint density at radius 2 is 1.17 bits per heavy atom. The topological polar surface area (TPSA) is 104 Å². The summed E-state index contributed by atoms with van der Waals surface area (Å²) in [4.78, 5) is 9.58. The van der Waals surface area contributed by atoms with Crippen LogP contribution in [0, 0.1) is 5.41 Å². The van der Waals surface area contributed by atoms with Gasteiger partial charge in [0.2, 0.25) is 0 Å². The molecule has 0 spiro atoms. The first-order chi connectivity index (χ1) is 16.7. The number of unbranched alkanes of at least 4 members (excludes halogenated alkanes) is 2. The van der Waals surface area contributed by atoms with Gasteiger partial charge in [-0.1, -0.05) is 40.5 Å². The maximum absolute atomic E-state index is 11.7. The van der Waals surface area contributed by atoms with E-state index in [4.69, 9.17) is 9.05 Å². The van der Waals surface area contributed by atoms with Crippen LogP contribution in [0.15, 0.2) is 0 Å². The zero-order valence-corrected chi connectivity index (χ0v) is 24.5. The SMILES string of the molecule is CCC(C)OP(=O)(O)OCCCNCCCNCCCCNCCCNCCCCC(C)(C)CC. The summed E-state index contributed by atoms with van der Waals surface area (Å²) in [7, 11) is -3.91. The monoisotopic (exact) mass is 522 g/mol. The fourth-order valence-corrected chi connectivity index (χ4v) is 4.44. The predicted octanol–water partition coefficient (Wildman–Crippen LogP) is 4.83. The average molecular weight is 523 g/mol. The molecule has 0 radical (unpaired) electrons. The van der Waals surface area contributed by atoms with Gasteiger partial charge in [0.1, 0.15) is 0 Å². The largest absolute Gasteiger partial charge is 0.472 e. The van der Waals surface area contributed by atoms with Gasteiger partial charge in [-0.15, -0.1) is 0 Å². The van der Waals surface area contributed by atoms with Crippen LogP contribution in [-0.4, -0.2) is 70.0 Å². The van der Waals surface area contributed by atoms with Crippen molar-refractivity contribution in [3.63, 3.8) is 0 Å². The Hall–Kier alpha value is -0.0500. The Morgan fingerprint density at radius 3 is 1.63 bits per heavy atom. The second-order valence-corrected chi connectivity index (χ2v) is 11.8. The highest BCUT2D eigenvalue weighted by Gasteiger charge is 2.23. The zero-order chi connectivity index (χ0) is 26.3. The van der Waals surface area contributed by atoms with Crippen molar-refractivity contribution in [2.75, 3.05) is 59.0 Å². The standard InChI is InChI=1S/C26H59N4O4P/c1-6-25(3)34-35(31,32)33-24-14-23-30-22-13-21-29-18-11-10-17-28-20-12-19-27-16-9-8-15-26(4,5)7-2/h25,27-30H,6-24H2,1-5H3,(H,31,32). The van der Waals surface area contributed by atoms with Crippen LogP contribution >= 0.6 is 7.82 Å². The van der Waals surface area contributed by atoms with Gasteiger partial charge < -0.3 is 26.2 Å². The summed E-state index contributed by atoms with van der Waals surface area (Å²) in [5.41, 5.74) is 0.508. The van der Waals surface area contributed by atoms with Gasteiger partial charge in [-0.25, -0.2) is 4.57 Å². The maximum atomic E-state index is 11.7. The van der Waals surface area contributed by atoms with Crippen molar-refractivity contribution in [1.82, 2.24) is 21.3 Å². The van der Waals surface area contributed by atoms with E-state index in [0.29, 0.717) is 18.3 Å². The maximum Gasteiger partial charge on any atom is 0.472 e. The third kappa shape index (κ3) is 25.4. The molecule has 0 aliphatic rings. The Morgan fingerprint density at radius 1 is 0.743 bits per heavy atom. The molecule has 0 aromatic heterocycles. The molecular weight excluding hydrogens is 463 g/mol. The van der Waals surface area contributed by atoms with E-state index in [2.05, 4.69) is 42.0 Å². The lowest BCUT2D eigenvalue weighted by Gasteiger charge is -2.22. The van der Waals surface area contributed by atoms with Crippen molar-refractivity contribution in [3.05, 3.63) is 0 Å². The molecule has 35 heavy (non-hydrogen) atoms. The van der Waals surface area contributed by atoms with E-state index >= 15 is 0 Å². The van der Waals surface area contributed by atoms with E-state index < -0.39 is 7.82 Å². The third-order valence-electron chi connectivity index (χ3n) is 6.43. The zero-order valence-electron chi connectivity index (χ0n) is 23.6. The van der Waals surface area contributed by atoms with Gasteiger partial charge in [-0.2, -0.15) is 0 Å². The van der Waals surface area contributed by atoms with E-state index in [9.17, 15) is 9.46 Å². The minimum Gasteiger partial charge on any atom is -0.317 e. The molecule has 0 bridgehead atoms. The molecule has 0 fully saturated rings. The van der Waals surface area contributed by atoms with E-state index in [1.165, 1.54) is 44.9 Å². The summed E-state index contributed by atoms with van der Waals surface area (Å²) in [5.74, 6) is 0. The van der Waals surface area contributed by atoms with Crippen LogP contribution in [0.3, 0.4) is 0 Å². The molecular formula is C26H59N4O4P. The van der Waals surface area contributed by atoms with Crippen molar-refractivity contribution in [2.24, 2.45) is 5.41 Å². The van der Waals surface area contributed by atoms with Crippen LogP contribution in [0.1, 0.15) is 98.8 Å². The first kappa shape index (κ1) is 35.0. The Kier molecular flexibility index (Phi) is 23.1. The molecule has 0 heterocycles. The molecule has 9 heteroatoms. The fourth-order valence-electron chi connectivity index (χ4n) is 3.42. The highest BCUT2D eigenvalue weighted by atomic mass is 31.2. The molecule has 0 saturated heterocycles. The van der Waals surface area contributed by atoms with Crippen LogP contribution in [0.2, 0.25) is 0 Å². The summed E-state index contributed by atoms with van der Waals surface area (Å²) in [6.45, 7) is 19.1. The van der Waals surface area contributed by atoms with Crippen molar-refractivity contribution < 1.29 is 18.5 Å². The van der Waals surface area contributed by atoms with Gasteiger partial charge in [-0.3, -0.25) is 9.05 Å². The van der Waals surface area contributed by atoms with Gasteiger partial charge in [-0.05, 0) is 116 Å². The molecule has 0 amide bonds. The summed E-state index contributed by atoms with van der Waals surface area (Å²) < 4.78 is 21.7. The van der Waals surface area contributed by atoms with E-state index in [1.54, 1.807) is 6.92 Å². The smallest absolute Gasteiger partial charge is 0.317 e. The average Bonchev–Trinajstić information content (AvgIpc) is 2.81. The molecule has 0 rings (SSSR count). The summed E-state index contributed by atoms with van der Waals surface area (Å²) in [6.07, 6.45) is 11.0. The molecule has 0 aliphatic heterocycles. The number of nitrogens with one attached hydrogen (secondary N) is 4. The van der Waals surface area contributed by atoms with E-state index in [1.807, 2.05) is 6.92 Å². The fraction of sp³-hybridized carbons (Fsp3) is 1.00. The molecule has 2 atom stereocenters. The highest BCUT2D eigenvalue weighted by Crippen LogP contribution is 2.44. The van der Waals surface area contributed by atoms with Gasteiger partial charge in [0.15, 0.2) is 0 Å². The molecule has 0 aliphatic carbocycles. The predicted molar refractivity (Wildman–Crippen MR) is 149 cm³/mol. The second-order valence-electron chi connectivity index (χ2n) is 10.4. The molecule has 5 N–H and O–H groups in total. The number of hydrogen-bond donors (Lipinski definition) is 5. The van der Waals surface area contributed by atoms with Gasteiger partial charge in [0, 0.05) is 0 Å². The number of rotatable bonds is 27. The van der Waals surface area contributed by atoms with Crippen molar-refractivity contribution >= 4 is 7.82 Å². The van der Waals surface area contributed by atoms with E-state index in [-0.39, 0.29) is 12.7 Å². The quantitative estimate of drug-likeness (QED) is 0.0772.